The van der Waals surface area contributed by atoms with Gasteiger partial charge < -0.3 is 5.32 Å². The highest BCUT2D eigenvalue weighted by Crippen LogP contribution is 2.24. The quantitative estimate of drug-likeness (QED) is 0.902. The second kappa shape index (κ2) is 6.46. The van der Waals surface area contributed by atoms with E-state index in [9.17, 15) is 0 Å². The molecule has 1 aromatic heterocycles. The van der Waals surface area contributed by atoms with Gasteiger partial charge in [-0.05, 0) is 44.3 Å². The third-order valence-corrected chi connectivity index (χ3v) is 3.82. The summed E-state index contributed by atoms with van der Waals surface area (Å²) in [6, 6.07) is 8.70. The molecule has 0 radical (unpaired) electrons. The van der Waals surface area contributed by atoms with Crippen molar-refractivity contribution in [2.75, 3.05) is 0 Å². The molecule has 2 rings (SSSR count). The molecule has 4 heteroatoms. The normalized spacial score (nSPS) is 11.8. The van der Waals surface area contributed by atoms with Crippen LogP contribution in [0.5, 0.6) is 0 Å². The number of aryl methyl sites for hydroxylation is 1. The molecule has 1 heterocycles. The lowest BCUT2D eigenvalue weighted by Crippen LogP contribution is -2.34. The van der Waals surface area contributed by atoms with E-state index in [0.29, 0.717) is 0 Å². The number of aromatic nitrogens is 2. The fourth-order valence-electron chi connectivity index (χ4n) is 2.01. The summed E-state index contributed by atoms with van der Waals surface area (Å²) in [6.07, 6.45) is 2.31. The van der Waals surface area contributed by atoms with E-state index >= 15 is 0 Å². The fourth-order valence-corrected chi connectivity index (χ4v) is 2.61. The van der Waals surface area contributed by atoms with Crippen molar-refractivity contribution in [1.29, 1.82) is 0 Å². The van der Waals surface area contributed by atoms with Gasteiger partial charge in [0.2, 0.25) is 0 Å². The van der Waals surface area contributed by atoms with Crippen LogP contribution in [-0.2, 0) is 13.0 Å². The van der Waals surface area contributed by atoms with Gasteiger partial charge in [0.15, 0.2) is 0 Å². The maximum absolute atomic E-state index is 4.29. The first-order valence-corrected chi connectivity index (χ1v) is 7.92. The number of hydrogen-bond donors (Lipinski definition) is 1. The Labute approximate surface area is 125 Å². The van der Waals surface area contributed by atoms with Gasteiger partial charge in [-0.2, -0.15) is 0 Å². The van der Waals surface area contributed by atoms with Crippen LogP contribution in [0.4, 0.5) is 0 Å². The van der Waals surface area contributed by atoms with Gasteiger partial charge in [0.05, 0.1) is 4.88 Å². The molecule has 2 aromatic rings. The van der Waals surface area contributed by atoms with Crippen molar-refractivity contribution in [2.24, 2.45) is 0 Å². The monoisotopic (exact) mass is 289 g/mol. The minimum Gasteiger partial charge on any atom is -0.307 e. The van der Waals surface area contributed by atoms with Crippen LogP contribution in [0.3, 0.4) is 0 Å². The molecule has 0 fully saturated rings. The SMILES string of the molecule is CCCc1ccc(-c2nnsc2CNC(C)(C)C)cc1. The van der Waals surface area contributed by atoms with Crippen molar-refractivity contribution in [3.05, 3.63) is 34.7 Å². The molecule has 0 aliphatic carbocycles. The molecule has 0 spiro atoms. The standard InChI is InChI=1S/C16H23N3S/c1-5-6-12-7-9-13(10-8-12)15-14(20-19-18-15)11-17-16(2,3)4/h7-10,17H,5-6,11H2,1-4H3. The van der Waals surface area contributed by atoms with Gasteiger partial charge >= 0.3 is 0 Å². The Morgan fingerprint density at radius 3 is 2.45 bits per heavy atom. The number of rotatable bonds is 5. The number of hydrogen-bond acceptors (Lipinski definition) is 4. The smallest absolute Gasteiger partial charge is 0.110 e. The molecule has 20 heavy (non-hydrogen) atoms. The van der Waals surface area contributed by atoms with Gasteiger partial charge in [-0.1, -0.05) is 42.1 Å². The van der Waals surface area contributed by atoms with Crippen LogP contribution in [-0.4, -0.2) is 15.1 Å². The molecule has 0 bridgehead atoms. The first-order chi connectivity index (χ1) is 9.49. The Bertz CT molecular complexity index is 538. The highest BCUT2D eigenvalue weighted by atomic mass is 32.1. The molecule has 1 aromatic carbocycles. The Hall–Kier alpha value is -1.26. The molecule has 0 aliphatic heterocycles. The van der Waals surface area contributed by atoms with Crippen molar-refractivity contribution >= 4 is 11.5 Å². The van der Waals surface area contributed by atoms with Crippen LogP contribution in [0, 0.1) is 0 Å². The van der Waals surface area contributed by atoms with E-state index in [0.717, 1.165) is 24.2 Å². The first kappa shape index (κ1) is 15.1. The zero-order valence-electron chi connectivity index (χ0n) is 12.7. The fraction of sp³-hybridized carbons (Fsp3) is 0.500. The van der Waals surface area contributed by atoms with Crippen LogP contribution in [0.2, 0.25) is 0 Å². The zero-order chi connectivity index (χ0) is 14.6. The van der Waals surface area contributed by atoms with Crippen LogP contribution in [0.15, 0.2) is 24.3 Å². The average Bonchev–Trinajstić information content (AvgIpc) is 2.85. The first-order valence-electron chi connectivity index (χ1n) is 7.15. The summed E-state index contributed by atoms with van der Waals surface area (Å²) in [5, 5.41) is 7.79. The molecule has 0 aliphatic rings. The number of nitrogens with one attached hydrogen (secondary N) is 1. The molecule has 3 nitrogen and oxygen atoms in total. The summed E-state index contributed by atoms with van der Waals surface area (Å²) < 4.78 is 4.11. The predicted molar refractivity (Wildman–Crippen MR) is 85.9 cm³/mol. The number of nitrogens with zero attached hydrogens (tertiary/aromatic N) is 2. The largest absolute Gasteiger partial charge is 0.307 e. The van der Waals surface area contributed by atoms with E-state index < -0.39 is 0 Å². The molecule has 0 saturated heterocycles. The van der Waals surface area contributed by atoms with Crippen molar-refractivity contribution in [3.8, 4) is 11.3 Å². The molecule has 0 unspecified atom stereocenters. The highest BCUT2D eigenvalue weighted by molar-refractivity contribution is 7.05. The van der Waals surface area contributed by atoms with Gasteiger partial charge in [0, 0.05) is 17.6 Å². The lowest BCUT2D eigenvalue weighted by molar-refractivity contribution is 0.426. The minimum absolute atomic E-state index is 0.103. The second-order valence-corrected chi connectivity index (χ2v) is 6.93. The Balaban J connectivity index is 2.14. The summed E-state index contributed by atoms with van der Waals surface area (Å²) in [7, 11) is 0. The van der Waals surface area contributed by atoms with Crippen molar-refractivity contribution in [2.45, 2.75) is 52.6 Å². The van der Waals surface area contributed by atoms with Crippen LogP contribution >= 0.6 is 11.5 Å². The topological polar surface area (TPSA) is 37.8 Å². The molecular formula is C16H23N3S. The van der Waals surface area contributed by atoms with Gasteiger partial charge in [0.25, 0.3) is 0 Å². The summed E-state index contributed by atoms with van der Waals surface area (Å²) in [6.45, 7) is 9.52. The van der Waals surface area contributed by atoms with E-state index in [2.05, 4.69) is 66.9 Å². The van der Waals surface area contributed by atoms with E-state index in [1.54, 1.807) is 0 Å². The third kappa shape index (κ3) is 4.12. The van der Waals surface area contributed by atoms with Gasteiger partial charge in [-0.25, -0.2) is 0 Å². The van der Waals surface area contributed by atoms with E-state index in [-0.39, 0.29) is 5.54 Å². The van der Waals surface area contributed by atoms with E-state index in [1.165, 1.54) is 28.4 Å². The van der Waals surface area contributed by atoms with Gasteiger partial charge in [-0.3, -0.25) is 0 Å². The Morgan fingerprint density at radius 1 is 1.15 bits per heavy atom. The van der Waals surface area contributed by atoms with E-state index in [4.69, 9.17) is 0 Å². The van der Waals surface area contributed by atoms with Gasteiger partial charge in [-0.15, -0.1) is 5.10 Å². The van der Waals surface area contributed by atoms with Crippen molar-refractivity contribution in [1.82, 2.24) is 14.9 Å². The maximum Gasteiger partial charge on any atom is 0.110 e. The summed E-state index contributed by atoms with van der Waals surface area (Å²) in [4.78, 5) is 1.20. The molecule has 0 atom stereocenters. The summed E-state index contributed by atoms with van der Waals surface area (Å²) in [5.74, 6) is 0. The lowest BCUT2D eigenvalue weighted by Gasteiger charge is -2.19. The van der Waals surface area contributed by atoms with Crippen molar-refractivity contribution < 1.29 is 0 Å². The Kier molecular flexibility index (Phi) is 4.89. The third-order valence-electron chi connectivity index (χ3n) is 3.10. The van der Waals surface area contributed by atoms with E-state index in [1.807, 2.05) is 0 Å². The average molecular weight is 289 g/mol. The van der Waals surface area contributed by atoms with Gasteiger partial charge in [0.1, 0.15) is 5.69 Å². The summed E-state index contributed by atoms with van der Waals surface area (Å²) in [5.41, 5.74) is 3.65. The highest BCUT2D eigenvalue weighted by Gasteiger charge is 2.14. The zero-order valence-corrected chi connectivity index (χ0v) is 13.5. The molecule has 0 amide bonds. The molecule has 1 N–H and O–H groups in total. The van der Waals surface area contributed by atoms with Crippen LogP contribution < -0.4 is 5.32 Å². The number of benzene rings is 1. The summed E-state index contributed by atoms with van der Waals surface area (Å²) >= 11 is 1.48. The van der Waals surface area contributed by atoms with Crippen LogP contribution in [0.1, 0.15) is 44.6 Å². The predicted octanol–water partition coefficient (Wildman–Crippen LogP) is 4.05. The molecular weight excluding hydrogens is 266 g/mol. The second-order valence-electron chi connectivity index (χ2n) is 6.10. The molecule has 108 valence electrons. The maximum atomic E-state index is 4.29. The van der Waals surface area contributed by atoms with Crippen LogP contribution in [0.25, 0.3) is 11.3 Å². The lowest BCUT2D eigenvalue weighted by atomic mass is 10.0. The molecule has 0 saturated carbocycles. The van der Waals surface area contributed by atoms with Crippen molar-refractivity contribution in [3.63, 3.8) is 0 Å². The minimum atomic E-state index is 0.103. The Morgan fingerprint density at radius 2 is 1.85 bits per heavy atom.